The summed E-state index contributed by atoms with van der Waals surface area (Å²) in [6.45, 7) is 0. The average Bonchev–Trinajstić information content (AvgIpc) is 2.42. The third kappa shape index (κ3) is 1.13. The minimum atomic E-state index is -0.377. The summed E-state index contributed by atoms with van der Waals surface area (Å²) in [4.78, 5) is 22.2. The van der Waals surface area contributed by atoms with Gasteiger partial charge in [0, 0.05) is 12.0 Å². The van der Waals surface area contributed by atoms with Crippen LogP contribution in [-0.2, 0) is 11.2 Å². The molecule has 1 aromatic carbocycles. The van der Waals surface area contributed by atoms with E-state index in [-0.39, 0.29) is 18.0 Å². The van der Waals surface area contributed by atoms with Crippen molar-refractivity contribution in [3.63, 3.8) is 0 Å². The SMILES string of the molecule is COc1ccc2c(c1)CC(=O)C2=O. The van der Waals surface area contributed by atoms with E-state index < -0.39 is 0 Å². The molecule has 1 aromatic rings. The fourth-order valence-corrected chi connectivity index (χ4v) is 1.47. The third-order valence-electron chi connectivity index (χ3n) is 2.16. The van der Waals surface area contributed by atoms with Crippen molar-refractivity contribution >= 4 is 11.6 Å². The molecule has 66 valence electrons. The molecule has 2 rings (SSSR count). The van der Waals surface area contributed by atoms with E-state index in [4.69, 9.17) is 4.74 Å². The zero-order valence-electron chi connectivity index (χ0n) is 7.16. The number of carbonyl (C=O) groups excluding carboxylic acids is 2. The first-order chi connectivity index (χ1) is 6.22. The van der Waals surface area contributed by atoms with Crippen LogP contribution in [-0.4, -0.2) is 18.7 Å². The number of ketones is 2. The van der Waals surface area contributed by atoms with Gasteiger partial charge in [-0.3, -0.25) is 9.59 Å². The first kappa shape index (κ1) is 7.98. The zero-order valence-corrected chi connectivity index (χ0v) is 7.16. The molecule has 1 aliphatic rings. The van der Waals surface area contributed by atoms with Gasteiger partial charge < -0.3 is 4.74 Å². The van der Waals surface area contributed by atoms with Crippen molar-refractivity contribution in [2.45, 2.75) is 6.42 Å². The van der Waals surface area contributed by atoms with E-state index in [9.17, 15) is 9.59 Å². The maximum absolute atomic E-state index is 11.2. The quantitative estimate of drug-likeness (QED) is 0.599. The van der Waals surface area contributed by atoms with Gasteiger partial charge in [-0.1, -0.05) is 0 Å². The molecule has 0 aliphatic heterocycles. The van der Waals surface area contributed by atoms with Gasteiger partial charge >= 0.3 is 0 Å². The van der Waals surface area contributed by atoms with Gasteiger partial charge in [-0.25, -0.2) is 0 Å². The van der Waals surface area contributed by atoms with E-state index in [0.717, 1.165) is 5.56 Å². The summed E-state index contributed by atoms with van der Waals surface area (Å²) in [6.07, 6.45) is 0.214. The molecule has 0 heterocycles. The zero-order chi connectivity index (χ0) is 9.42. The molecule has 0 N–H and O–H groups in total. The number of fused-ring (bicyclic) bond motifs is 1. The molecule has 0 atom stereocenters. The van der Waals surface area contributed by atoms with Crippen LogP contribution in [0.1, 0.15) is 15.9 Å². The summed E-state index contributed by atoms with van der Waals surface area (Å²) in [7, 11) is 1.56. The van der Waals surface area contributed by atoms with Crippen LogP contribution in [0.5, 0.6) is 5.75 Å². The van der Waals surface area contributed by atoms with E-state index in [0.29, 0.717) is 11.3 Å². The Morgan fingerprint density at radius 2 is 2.08 bits per heavy atom. The Balaban J connectivity index is 2.52. The molecule has 3 heteroatoms. The topological polar surface area (TPSA) is 43.4 Å². The minimum Gasteiger partial charge on any atom is -0.497 e. The predicted octanol–water partition coefficient (Wildman–Crippen LogP) is 1.00. The lowest BCUT2D eigenvalue weighted by molar-refractivity contribution is -0.114. The monoisotopic (exact) mass is 176 g/mol. The van der Waals surface area contributed by atoms with Gasteiger partial charge in [0.05, 0.1) is 7.11 Å². The van der Waals surface area contributed by atoms with Crippen LogP contribution in [0.2, 0.25) is 0 Å². The molecule has 0 radical (unpaired) electrons. The number of carbonyl (C=O) groups is 2. The lowest BCUT2D eigenvalue weighted by Gasteiger charge is -2.00. The second-order valence-electron chi connectivity index (χ2n) is 2.95. The maximum Gasteiger partial charge on any atom is 0.229 e. The number of benzene rings is 1. The molecule has 0 unspecified atom stereocenters. The summed E-state index contributed by atoms with van der Waals surface area (Å²) >= 11 is 0. The molecule has 0 saturated carbocycles. The first-order valence-corrected chi connectivity index (χ1v) is 3.97. The Morgan fingerprint density at radius 1 is 1.31 bits per heavy atom. The van der Waals surface area contributed by atoms with Crippen molar-refractivity contribution in [2.75, 3.05) is 7.11 Å². The van der Waals surface area contributed by atoms with Crippen molar-refractivity contribution in [3.8, 4) is 5.75 Å². The van der Waals surface area contributed by atoms with Gasteiger partial charge in [0.2, 0.25) is 11.6 Å². The Morgan fingerprint density at radius 3 is 2.77 bits per heavy atom. The number of ether oxygens (including phenoxy) is 1. The van der Waals surface area contributed by atoms with Gasteiger partial charge in [-0.2, -0.15) is 0 Å². The summed E-state index contributed by atoms with van der Waals surface area (Å²) in [6, 6.07) is 5.06. The summed E-state index contributed by atoms with van der Waals surface area (Å²) in [5.74, 6) is -0.0258. The highest BCUT2D eigenvalue weighted by Crippen LogP contribution is 2.23. The van der Waals surface area contributed by atoms with Crippen LogP contribution < -0.4 is 4.74 Å². The molecule has 13 heavy (non-hydrogen) atoms. The molecule has 0 bridgehead atoms. The van der Waals surface area contributed by atoms with Crippen molar-refractivity contribution in [3.05, 3.63) is 29.3 Å². The fourth-order valence-electron chi connectivity index (χ4n) is 1.47. The molecule has 0 amide bonds. The van der Waals surface area contributed by atoms with Gasteiger partial charge in [-0.05, 0) is 23.8 Å². The number of methoxy groups -OCH3 is 1. The molecule has 3 nitrogen and oxygen atoms in total. The van der Waals surface area contributed by atoms with E-state index in [1.807, 2.05) is 0 Å². The van der Waals surface area contributed by atoms with E-state index >= 15 is 0 Å². The van der Waals surface area contributed by atoms with Crippen LogP contribution in [0, 0.1) is 0 Å². The normalized spacial score (nSPS) is 14.5. The smallest absolute Gasteiger partial charge is 0.229 e. The number of hydrogen-bond acceptors (Lipinski definition) is 3. The van der Waals surface area contributed by atoms with Crippen molar-refractivity contribution in [1.82, 2.24) is 0 Å². The second kappa shape index (κ2) is 2.69. The lowest BCUT2D eigenvalue weighted by Crippen LogP contribution is -2.05. The maximum atomic E-state index is 11.2. The van der Waals surface area contributed by atoms with Gasteiger partial charge in [-0.15, -0.1) is 0 Å². The van der Waals surface area contributed by atoms with Gasteiger partial charge in [0.1, 0.15) is 5.75 Å². The van der Waals surface area contributed by atoms with Crippen LogP contribution >= 0.6 is 0 Å². The molecule has 0 spiro atoms. The standard InChI is InChI=1S/C10H8O3/c1-13-7-2-3-8-6(4-7)5-9(11)10(8)12/h2-4H,5H2,1H3. The molecule has 0 fully saturated rings. The first-order valence-electron chi connectivity index (χ1n) is 3.97. The number of hydrogen-bond donors (Lipinski definition) is 0. The Labute approximate surface area is 75.3 Å². The molecule has 1 aliphatic carbocycles. The Hall–Kier alpha value is -1.64. The van der Waals surface area contributed by atoms with Gasteiger partial charge in [0.15, 0.2) is 0 Å². The highest BCUT2D eigenvalue weighted by molar-refractivity contribution is 6.47. The molecular weight excluding hydrogens is 168 g/mol. The van der Waals surface area contributed by atoms with Crippen LogP contribution in [0.25, 0.3) is 0 Å². The Bertz CT molecular complexity index is 393. The summed E-state index contributed by atoms with van der Waals surface area (Å²) < 4.78 is 4.99. The summed E-state index contributed by atoms with van der Waals surface area (Å²) in [5, 5.41) is 0. The second-order valence-corrected chi connectivity index (χ2v) is 2.95. The van der Waals surface area contributed by atoms with E-state index in [1.54, 1.807) is 25.3 Å². The molecular formula is C10H8O3. The van der Waals surface area contributed by atoms with Crippen molar-refractivity contribution in [2.24, 2.45) is 0 Å². The highest BCUT2D eigenvalue weighted by Gasteiger charge is 2.27. The fraction of sp³-hybridized carbons (Fsp3) is 0.200. The third-order valence-corrected chi connectivity index (χ3v) is 2.16. The van der Waals surface area contributed by atoms with Crippen molar-refractivity contribution < 1.29 is 14.3 Å². The summed E-state index contributed by atoms with van der Waals surface area (Å²) in [5.41, 5.74) is 1.29. The van der Waals surface area contributed by atoms with E-state index in [1.165, 1.54) is 0 Å². The predicted molar refractivity (Wildman–Crippen MR) is 46.0 cm³/mol. The average molecular weight is 176 g/mol. The number of rotatable bonds is 1. The van der Waals surface area contributed by atoms with Gasteiger partial charge in [0.25, 0.3) is 0 Å². The lowest BCUT2D eigenvalue weighted by atomic mass is 10.1. The highest BCUT2D eigenvalue weighted by atomic mass is 16.5. The number of Topliss-reactive ketones (excluding diaryl/α,β-unsaturated/α-hetero) is 2. The van der Waals surface area contributed by atoms with E-state index in [2.05, 4.69) is 0 Å². The molecule has 0 aromatic heterocycles. The van der Waals surface area contributed by atoms with Crippen molar-refractivity contribution in [1.29, 1.82) is 0 Å². The minimum absolute atomic E-state index is 0.214. The Kier molecular flexibility index (Phi) is 1.65. The van der Waals surface area contributed by atoms with Crippen LogP contribution in [0.3, 0.4) is 0 Å². The van der Waals surface area contributed by atoms with Crippen LogP contribution in [0.15, 0.2) is 18.2 Å². The largest absolute Gasteiger partial charge is 0.497 e. The van der Waals surface area contributed by atoms with Crippen LogP contribution in [0.4, 0.5) is 0 Å². The molecule has 0 saturated heterocycles.